The molecule has 18 heavy (non-hydrogen) atoms. The Morgan fingerprint density at radius 3 is 1.89 bits per heavy atom. The van der Waals surface area contributed by atoms with Crippen LogP contribution in [0.2, 0.25) is 0 Å². The second-order valence-corrected chi connectivity index (χ2v) is 4.44. The van der Waals surface area contributed by atoms with Crippen LogP contribution in [0.1, 0.15) is 5.56 Å². The van der Waals surface area contributed by atoms with Crippen LogP contribution in [0.4, 0.5) is 4.39 Å². The maximum Gasteiger partial charge on any atom is 0.127 e. The smallest absolute Gasteiger partial charge is 0.127 e. The Morgan fingerprint density at radius 2 is 1.39 bits per heavy atom. The summed E-state index contributed by atoms with van der Waals surface area (Å²) in [5.74, 6) is 1.13. The Balaban J connectivity index is 2.04. The lowest BCUT2D eigenvalue weighted by molar-refractivity contribution is 0.402. The SMILES string of the molecule is CN(C)Cc1ccc(Oc2ccc(F)cc2)cc1. The summed E-state index contributed by atoms with van der Waals surface area (Å²) >= 11 is 0. The number of ether oxygens (including phenoxy) is 1. The first-order valence-electron chi connectivity index (χ1n) is 5.80. The molecule has 0 aliphatic heterocycles. The minimum atomic E-state index is -0.260. The first-order valence-corrected chi connectivity index (χ1v) is 5.80. The predicted octanol–water partition coefficient (Wildman–Crippen LogP) is 3.68. The molecule has 2 aromatic carbocycles. The molecule has 0 unspecified atom stereocenters. The zero-order chi connectivity index (χ0) is 13.0. The van der Waals surface area contributed by atoms with Crippen molar-refractivity contribution in [3.8, 4) is 11.5 Å². The minimum Gasteiger partial charge on any atom is -0.457 e. The Labute approximate surface area is 107 Å². The third-order valence-electron chi connectivity index (χ3n) is 2.47. The van der Waals surface area contributed by atoms with Gasteiger partial charge in [0.15, 0.2) is 0 Å². The first-order chi connectivity index (χ1) is 8.63. The number of rotatable bonds is 4. The molecule has 0 aromatic heterocycles. The minimum absolute atomic E-state index is 0.260. The van der Waals surface area contributed by atoms with E-state index in [1.54, 1.807) is 12.1 Å². The number of hydrogen-bond acceptors (Lipinski definition) is 2. The monoisotopic (exact) mass is 245 g/mol. The lowest BCUT2D eigenvalue weighted by Gasteiger charge is -2.10. The summed E-state index contributed by atoms with van der Waals surface area (Å²) in [6, 6.07) is 13.9. The van der Waals surface area contributed by atoms with Crippen molar-refractivity contribution in [2.45, 2.75) is 6.54 Å². The van der Waals surface area contributed by atoms with Crippen molar-refractivity contribution in [3.63, 3.8) is 0 Å². The summed E-state index contributed by atoms with van der Waals surface area (Å²) in [6.07, 6.45) is 0. The molecular weight excluding hydrogens is 229 g/mol. The molecule has 94 valence electrons. The largest absolute Gasteiger partial charge is 0.457 e. The molecule has 0 aliphatic carbocycles. The number of benzene rings is 2. The van der Waals surface area contributed by atoms with Crippen LogP contribution in [0.3, 0.4) is 0 Å². The summed E-state index contributed by atoms with van der Waals surface area (Å²) in [7, 11) is 4.06. The standard InChI is InChI=1S/C15H16FNO/c1-17(2)11-12-3-7-14(8-4-12)18-15-9-5-13(16)6-10-15/h3-10H,11H2,1-2H3. The van der Waals surface area contributed by atoms with Crippen LogP contribution in [0, 0.1) is 5.82 Å². The zero-order valence-electron chi connectivity index (χ0n) is 10.6. The summed E-state index contributed by atoms with van der Waals surface area (Å²) in [5.41, 5.74) is 1.23. The van der Waals surface area contributed by atoms with Gasteiger partial charge in [-0.3, -0.25) is 0 Å². The van der Waals surface area contributed by atoms with E-state index in [9.17, 15) is 4.39 Å². The molecule has 0 N–H and O–H groups in total. The van der Waals surface area contributed by atoms with Gasteiger partial charge in [-0.1, -0.05) is 12.1 Å². The molecule has 0 saturated carbocycles. The van der Waals surface area contributed by atoms with Crippen LogP contribution < -0.4 is 4.74 Å². The number of hydrogen-bond donors (Lipinski definition) is 0. The van der Waals surface area contributed by atoms with Crippen LogP contribution in [0.25, 0.3) is 0 Å². The molecule has 0 bridgehead atoms. The van der Waals surface area contributed by atoms with Gasteiger partial charge in [-0.05, 0) is 56.1 Å². The average molecular weight is 245 g/mol. The highest BCUT2D eigenvalue weighted by atomic mass is 19.1. The van der Waals surface area contributed by atoms with E-state index < -0.39 is 0 Å². The van der Waals surface area contributed by atoms with Gasteiger partial charge in [0.05, 0.1) is 0 Å². The number of halogens is 1. The zero-order valence-corrected chi connectivity index (χ0v) is 10.6. The van der Waals surface area contributed by atoms with E-state index >= 15 is 0 Å². The predicted molar refractivity (Wildman–Crippen MR) is 70.3 cm³/mol. The molecule has 0 spiro atoms. The Bertz CT molecular complexity index is 491. The van der Waals surface area contributed by atoms with Gasteiger partial charge in [0.2, 0.25) is 0 Å². The average Bonchev–Trinajstić information content (AvgIpc) is 2.34. The van der Waals surface area contributed by atoms with Crippen LogP contribution >= 0.6 is 0 Å². The molecule has 2 nitrogen and oxygen atoms in total. The molecule has 0 amide bonds. The van der Waals surface area contributed by atoms with Gasteiger partial charge in [0.25, 0.3) is 0 Å². The van der Waals surface area contributed by atoms with E-state index in [0.29, 0.717) is 5.75 Å². The highest BCUT2D eigenvalue weighted by molar-refractivity contribution is 5.33. The van der Waals surface area contributed by atoms with E-state index in [1.165, 1.54) is 17.7 Å². The van der Waals surface area contributed by atoms with Crippen molar-refractivity contribution in [3.05, 3.63) is 59.9 Å². The summed E-state index contributed by atoms with van der Waals surface area (Å²) in [5, 5.41) is 0. The Hall–Kier alpha value is -1.87. The van der Waals surface area contributed by atoms with Crippen molar-refractivity contribution in [1.29, 1.82) is 0 Å². The highest BCUT2D eigenvalue weighted by Gasteiger charge is 1.99. The highest BCUT2D eigenvalue weighted by Crippen LogP contribution is 2.21. The van der Waals surface area contributed by atoms with Crippen molar-refractivity contribution in [2.75, 3.05) is 14.1 Å². The molecular formula is C15H16FNO. The topological polar surface area (TPSA) is 12.5 Å². The maximum absolute atomic E-state index is 12.7. The van der Waals surface area contributed by atoms with Crippen LogP contribution in [-0.4, -0.2) is 19.0 Å². The normalized spacial score (nSPS) is 10.7. The van der Waals surface area contributed by atoms with E-state index in [4.69, 9.17) is 4.74 Å². The third-order valence-corrected chi connectivity index (χ3v) is 2.47. The summed E-state index contributed by atoms with van der Waals surface area (Å²) in [4.78, 5) is 2.11. The Kier molecular flexibility index (Phi) is 3.95. The lowest BCUT2D eigenvalue weighted by atomic mass is 10.2. The van der Waals surface area contributed by atoms with Gasteiger partial charge in [-0.25, -0.2) is 4.39 Å². The molecule has 0 saturated heterocycles. The van der Waals surface area contributed by atoms with Gasteiger partial charge in [0, 0.05) is 6.54 Å². The molecule has 0 atom stereocenters. The van der Waals surface area contributed by atoms with Crippen LogP contribution in [-0.2, 0) is 6.54 Å². The molecule has 0 fully saturated rings. The van der Waals surface area contributed by atoms with Crippen LogP contribution in [0.15, 0.2) is 48.5 Å². The fourth-order valence-corrected chi connectivity index (χ4v) is 1.67. The first kappa shape index (κ1) is 12.6. The van der Waals surface area contributed by atoms with Crippen molar-refractivity contribution < 1.29 is 9.13 Å². The van der Waals surface area contributed by atoms with E-state index in [0.717, 1.165) is 12.3 Å². The maximum atomic E-state index is 12.7. The van der Waals surface area contributed by atoms with E-state index in [2.05, 4.69) is 4.90 Å². The Morgan fingerprint density at radius 1 is 0.889 bits per heavy atom. The fraction of sp³-hybridized carbons (Fsp3) is 0.200. The van der Waals surface area contributed by atoms with Crippen molar-refractivity contribution in [2.24, 2.45) is 0 Å². The quantitative estimate of drug-likeness (QED) is 0.814. The summed E-state index contributed by atoms with van der Waals surface area (Å²) < 4.78 is 18.4. The molecule has 0 heterocycles. The molecule has 0 radical (unpaired) electrons. The molecule has 3 heteroatoms. The van der Waals surface area contributed by atoms with E-state index in [-0.39, 0.29) is 5.82 Å². The van der Waals surface area contributed by atoms with Gasteiger partial charge < -0.3 is 9.64 Å². The molecule has 2 aromatic rings. The molecule has 2 rings (SSSR count). The number of nitrogens with zero attached hydrogens (tertiary/aromatic N) is 1. The van der Waals surface area contributed by atoms with E-state index in [1.807, 2.05) is 38.4 Å². The van der Waals surface area contributed by atoms with Crippen molar-refractivity contribution >= 4 is 0 Å². The van der Waals surface area contributed by atoms with Gasteiger partial charge in [-0.15, -0.1) is 0 Å². The van der Waals surface area contributed by atoms with Crippen LogP contribution in [0.5, 0.6) is 11.5 Å². The fourth-order valence-electron chi connectivity index (χ4n) is 1.67. The second kappa shape index (κ2) is 5.65. The third kappa shape index (κ3) is 3.57. The van der Waals surface area contributed by atoms with Gasteiger partial charge in [0.1, 0.15) is 17.3 Å². The van der Waals surface area contributed by atoms with Gasteiger partial charge >= 0.3 is 0 Å². The lowest BCUT2D eigenvalue weighted by Crippen LogP contribution is -2.10. The molecule has 0 aliphatic rings. The van der Waals surface area contributed by atoms with Gasteiger partial charge in [-0.2, -0.15) is 0 Å². The second-order valence-electron chi connectivity index (χ2n) is 4.44. The summed E-state index contributed by atoms with van der Waals surface area (Å²) in [6.45, 7) is 0.900. The van der Waals surface area contributed by atoms with Crippen molar-refractivity contribution in [1.82, 2.24) is 4.90 Å².